The normalized spacial score (nSPS) is 20.0. The molecular formula is C21H24N4O2. The van der Waals surface area contributed by atoms with E-state index in [0.717, 1.165) is 29.8 Å². The third-order valence-electron chi connectivity index (χ3n) is 4.89. The Hall–Kier alpha value is -2.86. The van der Waals surface area contributed by atoms with E-state index >= 15 is 0 Å². The molecule has 2 unspecified atom stereocenters. The first-order valence-corrected chi connectivity index (χ1v) is 9.23. The number of para-hydroxylation sites is 1. The number of ether oxygens (including phenoxy) is 1. The minimum atomic E-state index is -0.130. The van der Waals surface area contributed by atoms with Crippen LogP contribution in [0.2, 0.25) is 0 Å². The fourth-order valence-corrected chi connectivity index (χ4v) is 3.73. The molecule has 2 aromatic heterocycles. The lowest BCUT2D eigenvalue weighted by molar-refractivity contribution is -0.00545. The lowest BCUT2D eigenvalue weighted by atomic mass is 10.1. The maximum atomic E-state index is 12.7. The molecule has 6 nitrogen and oxygen atoms in total. The second kappa shape index (κ2) is 7.04. The van der Waals surface area contributed by atoms with Crippen LogP contribution in [0.4, 0.5) is 11.5 Å². The Morgan fingerprint density at radius 3 is 2.59 bits per heavy atom. The van der Waals surface area contributed by atoms with E-state index in [2.05, 4.69) is 29.0 Å². The smallest absolute Gasteiger partial charge is 0.257 e. The molecule has 1 saturated heterocycles. The van der Waals surface area contributed by atoms with Gasteiger partial charge in [0.1, 0.15) is 5.82 Å². The molecule has 0 radical (unpaired) electrons. The van der Waals surface area contributed by atoms with Crippen molar-refractivity contribution >= 4 is 28.3 Å². The highest BCUT2D eigenvalue weighted by molar-refractivity contribution is 6.12. The molecule has 27 heavy (non-hydrogen) atoms. The number of pyridine rings is 1. The number of amides is 1. The van der Waals surface area contributed by atoms with Crippen molar-refractivity contribution in [3.05, 3.63) is 54.4 Å². The highest BCUT2D eigenvalue weighted by atomic mass is 16.5. The first-order chi connectivity index (χ1) is 13.0. The zero-order valence-electron chi connectivity index (χ0n) is 15.8. The molecule has 1 N–H and O–H groups in total. The molecular weight excluding hydrogens is 340 g/mol. The number of hydrogen-bond acceptors (Lipinski definition) is 4. The summed E-state index contributed by atoms with van der Waals surface area (Å²) in [5, 5.41) is 3.90. The van der Waals surface area contributed by atoms with Gasteiger partial charge in [0, 0.05) is 37.2 Å². The number of nitrogens with one attached hydrogen (secondary N) is 1. The van der Waals surface area contributed by atoms with Crippen LogP contribution in [-0.4, -0.2) is 40.8 Å². The number of rotatable bonds is 3. The van der Waals surface area contributed by atoms with Crippen molar-refractivity contribution in [2.75, 3.05) is 23.3 Å². The van der Waals surface area contributed by atoms with Crippen LogP contribution in [0.25, 0.3) is 10.9 Å². The molecule has 4 rings (SSSR count). The Balaban J connectivity index is 1.50. The Morgan fingerprint density at radius 2 is 1.89 bits per heavy atom. The largest absolute Gasteiger partial charge is 0.372 e. The molecule has 1 aromatic carbocycles. The molecule has 3 aromatic rings. The Kier molecular flexibility index (Phi) is 4.58. The van der Waals surface area contributed by atoms with Crippen molar-refractivity contribution in [3.8, 4) is 0 Å². The van der Waals surface area contributed by atoms with Gasteiger partial charge in [-0.15, -0.1) is 0 Å². The predicted molar refractivity (Wildman–Crippen MR) is 107 cm³/mol. The minimum Gasteiger partial charge on any atom is -0.372 e. The summed E-state index contributed by atoms with van der Waals surface area (Å²) in [4.78, 5) is 19.5. The molecule has 0 bridgehead atoms. The molecule has 0 saturated carbocycles. The number of nitrogens with zero attached hydrogens (tertiary/aromatic N) is 3. The van der Waals surface area contributed by atoms with Crippen molar-refractivity contribution in [1.82, 2.24) is 9.55 Å². The topological polar surface area (TPSA) is 59.4 Å². The average Bonchev–Trinajstić information content (AvgIpc) is 2.99. The summed E-state index contributed by atoms with van der Waals surface area (Å²) in [5.74, 6) is 0.773. The Morgan fingerprint density at radius 1 is 1.15 bits per heavy atom. The number of fused-ring (bicyclic) bond motifs is 1. The van der Waals surface area contributed by atoms with Crippen molar-refractivity contribution in [1.29, 1.82) is 0 Å². The fourth-order valence-electron chi connectivity index (χ4n) is 3.73. The SMILES string of the molecule is CC1CN(c2ccc(NC(=O)c3cn(C)c4ccccc34)cn2)CC(C)O1. The van der Waals surface area contributed by atoms with E-state index in [4.69, 9.17) is 4.74 Å². The maximum Gasteiger partial charge on any atom is 0.257 e. The first-order valence-electron chi connectivity index (χ1n) is 9.23. The maximum absolute atomic E-state index is 12.7. The van der Waals surface area contributed by atoms with E-state index in [0.29, 0.717) is 11.3 Å². The number of benzene rings is 1. The van der Waals surface area contributed by atoms with Crippen LogP contribution in [-0.2, 0) is 11.8 Å². The van der Waals surface area contributed by atoms with Crippen LogP contribution < -0.4 is 10.2 Å². The summed E-state index contributed by atoms with van der Waals surface area (Å²) in [6.07, 6.45) is 3.93. The van der Waals surface area contributed by atoms with Crippen LogP contribution in [0.1, 0.15) is 24.2 Å². The number of carbonyl (C=O) groups excluding carboxylic acids is 1. The lowest BCUT2D eigenvalue weighted by Crippen LogP contribution is -2.45. The van der Waals surface area contributed by atoms with Crippen molar-refractivity contribution in [3.63, 3.8) is 0 Å². The standard InChI is InChI=1S/C21H24N4O2/c1-14-11-25(12-15(2)27-14)20-9-8-16(10-22-20)23-21(26)18-13-24(3)19-7-5-4-6-17(18)19/h4-10,13-15H,11-12H2,1-3H3,(H,23,26). The zero-order valence-corrected chi connectivity index (χ0v) is 15.8. The molecule has 2 atom stereocenters. The molecule has 1 amide bonds. The molecule has 0 aliphatic carbocycles. The van der Waals surface area contributed by atoms with Crippen LogP contribution in [0.15, 0.2) is 48.8 Å². The highest BCUT2D eigenvalue weighted by Crippen LogP contribution is 2.23. The predicted octanol–water partition coefficient (Wildman–Crippen LogP) is 3.44. The molecule has 6 heteroatoms. The van der Waals surface area contributed by atoms with Crippen molar-refractivity contribution in [2.45, 2.75) is 26.1 Å². The monoisotopic (exact) mass is 364 g/mol. The lowest BCUT2D eigenvalue weighted by Gasteiger charge is -2.36. The van der Waals surface area contributed by atoms with Gasteiger partial charge in [0.15, 0.2) is 0 Å². The molecule has 1 aliphatic heterocycles. The van der Waals surface area contributed by atoms with Gasteiger partial charge in [-0.2, -0.15) is 0 Å². The number of morpholine rings is 1. The van der Waals surface area contributed by atoms with Gasteiger partial charge >= 0.3 is 0 Å². The van der Waals surface area contributed by atoms with Crippen LogP contribution in [0.5, 0.6) is 0 Å². The number of aromatic nitrogens is 2. The van der Waals surface area contributed by atoms with Gasteiger partial charge in [-0.05, 0) is 32.0 Å². The Bertz CT molecular complexity index is 954. The van der Waals surface area contributed by atoms with E-state index in [1.54, 1.807) is 6.20 Å². The quantitative estimate of drug-likeness (QED) is 0.773. The minimum absolute atomic E-state index is 0.130. The number of anilines is 2. The van der Waals surface area contributed by atoms with Gasteiger partial charge in [-0.3, -0.25) is 4.79 Å². The third-order valence-corrected chi connectivity index (χ3v) is 4.89. The summed E-state index contributed by atoms with van der Waals surface area (Å²) in [6.45, 7) is 5.78. The zero-order chi connectivity index (χ0) is 19.0. The van der Waals surface area contributed by atoms with Gasteiger partial charge in [-0.25, -0.2) is 4.98 Å². The Labute approximate surface area is 158 Å². The van der Waals surface area contributed by atoms with Gasteiger partial charge in [0.05, 0.1) is 29.7 Å². The number of aryl methyl sites for hydroxylation is 1. The summed E-state index contributed by atoms with van der Waals surface area (Å²) in [6, 6.07) is 11.7. The van der Waals surface area contributed by atoms with Gasteiger partial charge in [0.2, 0.25) is 0 Å². The van der Waals surface area contributed by atoms with E-state index in [1.165, 1.54) is 0 Å². The molecule has 1 fully saturated rings. The van der Waals surface area contributed by atoms with E-state index in [9.17, 15) is 4.79 Å². The first kappa shape index (κ1) is 17.5. The van der Waals surface area contributed by atoms with E-state index in [-0.39, 0.29) is 18.1 Å². The average molecular weight is 364 g/mol. The highest BCUT2D eigenvalue weighted by Gasteiger charge is 2.23. The van der Waals surface area contributed by atoms with Crippen LogP contribution in [0, 0.1) is 0 Å². The van der Waals surface area contributed by atoms with Gasteiger partial charge in [-0.1, -0.05) is 18.2 Å². The molecule has 140 valence electrons. The van der Waals surface area contributed by atoms with Crippen molar-refractivity contribution in [2.24, 2.45) is 7.05 Å². The number of carbonyl (C=O) groups is 1. The van der Waals surface area contributed by atoms with E-state index in [1.807, 2.05) is 54.2 Å². The molecule has 3 heterocycles. The van der Waals surface area contributed by atoms with Crippen LogP contribution >= 0.6 is 0 Å². The third kappa shape index (κ3) is 3.53. The van der Waals surface area contributed by atoms with Gasteiger partial charge in [0.25, 0.3) is 5.91 Å². The number of hydrogen-bond donors (Lipinski definition) is 1. The molecule has 1 aliphatic rings. The van der Waals surface area contributed by atoms with Crippen LogP contribution in [0.3, 0.4) is 0 Å². The summed E-state index contributed by atoms with van der Waals surface area (Å²) >= 11 is 0. The van der Waals surface area contributed by atoms with Gasteiger partial charge < -0.3 is 19.5 Å². The molecule has 0 spiro atoms. The fraction of sp³-hybridized carbons (Fsp3) is 0.333. The summed E-state index contributed by atoms with van der Waals surface area (Å²) in [7, 11) is 1.94. The second-order valence-electron chi connectivity index (χ2n) is 7.19. The summed E-state index contributed by atoms with van der Waals surface area (Å²) < 4.78 is 7.74. The van der Waals surface area contributed by atoms with E-state index < -0.39 is 0 Å². The van der Waals surface area contributed by atoms with Crippen molar-refractivity contribution < 1.29 is 9.53 Å². The second-order valence-corrected chi connectivity index (χ2v) is 7.19. The summed E-state index contributed by atoms with van der Waals surface area (Å²) in [5.41, 5.74) is 2.38.